The summed E-state index contributed by atoms with van der Waals surface area (Å²) < 4.78 is 1.86. The normalized spacial score (nSPS) is 11.4. The van der Waals surface area contributed by atoms with Crippen LogP contribution >= 0.6 is 0 Å². The maximum Gasteiger partial charge on any atom is 0.323 e. The number of carbonyl (C=O) groups is 1. The minimum absolute atomic E-state index is 0.0780. The summed E-state index contributed by atoms with van der Waals surface area (Å²) in [5.41, 5.74) is 4.44. The number of urea groups is 1. The third-order valence-corrected chi connectivity index (χ3v) is 4.66. The number of fused-ring (bicyclic) bond motifs is 1. The maximum absolute atomic E-state index is 12.4. The summed E-state index contributed by atoms with van der Waals surface area (Å²) in [7, 11) is 0. The first-order chi connectivity index (χ1) is 13.9. The maximum atomic E-state index is 12.4. The molecule has 0 saturated heterocycles. The number of nitrogens with zero attached hydrogens (tertiary/aromatic N) is 3. The number of nitrogens with one attached hydrogen (secondary N) is 2. The highest BCUT2D eigenvalue weighted by Gasteiger charge is 2.13. The molecule has 146 valence electrons. The van der Waals surface area contributed by atoms with Crippen LogP contribution in [0.25, 0.3) is 17.0 Å². The topological polar surface area (TPSA) is 71.3 Å². The molecule has 6 heteroatoms. The van der Waals surface area contributed by atoms with E-state index in [1.54, 1.807) is 6.20 Å². The molecule has 2 aromatic heterocycles. The number of hydrogen-bond donors (Lipinski definition) is 2. The SMILES string of the molecule is CC(C)(C)c1ccc(NC(=O)Nc2cccc(-c3cn4cccnc4n3)c2)cc1. The Morgan fingerprint density at radius 1 is 0.966 bits per heavy atom. The molecular weight excluding hydrogens is 362 g/mol. The molecular formula is C23H23N5O. The van der Waals surface area contributed by atoms with E-state index in [9.17, 15) is 4.79 Å². The number of aromatic nitrogens is 3. The van der Waals surface area contributed by atoms with Crippen molar-refractivity contribution in [1.29, 1.82) is 0 Å². The van der Waals surface area contributed by atoms with Crippen LogP contribution in [0.1, 0.15) is 26.3 Å². The molecule has 2 amide bonds. The van der Waals surface area contributed by atoms with Gasteiger partial charge in [-0.15, -0.1) is 0 Å². The Hall–Kier alpha value is -3.67. The lowest BCUT2D eigenvalue weighted by atomic mass is 9.87. The second-order valence-electron chi connectivity index (χ2n) is 7.94. The van der Waals surface area contributed by atoms with Crippen LogP contribution in [0.4, 0.5) is 16.2 Å². The number of amides is 2. The predicted octanol–water partition coefficient (Wildman–Crippen LogP) is 5.34. The van der Waals surface area contributed by atoms with Gasteiger partial charge in [-0.2, -0.15) is 0 Å². The lowest BCUT2D eigenvalue weighted by molar-refractivity contribution is 0.262. The Morgan fingerprint density at radius 2 is 1.72 bits per heavy atom. The molecule has 0 aliphatic rings. The van der Waals surface area contributed by atoms with Crippen molar-refractivity contribution in [2.45, 2.75) is 26.2 Å². The highest BCUT2D eigenvalue weighted by molar-refractivity contribution is 6.00. The van der Waals surface area contributed by atoms with Gasteiger partial charge in [-0.05, 0) is 41.3 Å². The van der Waals surface area contributed by atoms with Gasteiger partial charge in [0.25, 0.3) is 0 Å². The Kier molecular flexibility index (Phi) is 4.76. The zero-order chi connectivity index (χ0) is 20.4. The summed E-state index contributed by atoms with van der Waals surface area (Å²) in [5.74, 6) is 0.636. The van der Waals surface area contributed by atoms with Gasteiger partial charge in [0.2, 0.25) is 5.78 Å². The van der Waals surface area contributed by atoms with Crippen molar-refractivity contribution in [2.24, 2.45) is 0 Å². The Balaban J connectivity index is 1.47. The molecule has 0 saturated carbocycles. The van der Waals surface area contributed by atoms with Gasteiger partial charge in [0.15, 0.2) is 0 Å². The average molecular weight is 385 g/mol. The quantitative estimate of drug-likeness (QED) is 0.500. The lowest BCUT2D eigenvalue weighted by Crippen LogP contribution is -2.19. The first-order valence-corrected chi connectivity index (χ1v) is 9.47. The van der Waals surface area contributed by atoms with Crippen LogP contribution in [0.3, 0.4) is 0 Å². The summed E-state index contributed by atoms with van der Waals surface area (Å²) in [6.45, 7) is 6.48. The van der Waals surface area contributed by atoms with E-state index in [-0.39, 0.29) is 11.4 Å². The van der Waals surface area contributed by atoms with Gasteiger partial charge in [0.1, 0.15) is 0 Å². The largest absolute Gasteiger partial charge is 0.323 e. The molecule has 29 heavy (non-hydrogen) atoms. The van der Waals surface area contributed by atoms with E-state index in [1.807, 2.05) is 71.4 Å². The molecule has 2 aromatic carbocycles. The standard InChI is InChI=1S/C23H23N5O/c1-23(2,3)17-8-10-18(11-9-17)25-22(29)26-19-7-4-6-16(14-19)20-15-28-13-5-12-24-21(28)27-20/h4-15H,1-3H3,(H2,25,26,29). The summed E-state index contributed by atoms with van der Waals surface area (Å²) >= 11 is 0. The minimum atomic E-state index is -0.290. The van der Waals surface area contributed by atoms with Crippen LogP contribution in [0, 0.1) is 0 Å². The fourth-order valence-electron chi connectivity index (χ4n) is 3.07. The first-order valence-electron chi connectivity index (χ1n) is 9.47. The van der Waals surface area contributed by atoms with Gasteiger partial charge in [0, 0.05) is 35.5 Å². The molecule has 0 radical (unpaired) electrons. The number of benzene rings is 2. The van der Waals surface area contributed by atoms with Crippen LogP contribution in [-0.2, 0) is 5.41 Å². The van der Waals surface area contributed by atoms with Gasteiger partial charge < -0.3 is 10.6 Å². The molecule has 4 rings (SSSR count). The summed E-state index contributed by atoms with van der Waals surface area (Å²) in [6, 6.07) is 17.1. The van der Waals surface area contributed by atoms with E-state index in [4.69, 9.17) is 0 Å². The third kappa shape index (κ3) is 4.27. The third-order valence-electron chi connectivity index (χ3n) is 4.66. The van der Waals surface area contributed by atoms with Crippen LogP contribution in [0.2, 0.25) is 0 Å². The molecule has 0 aliphatic heterocycles. The highest BCUT2D eigenvalue weighted by atomic mass is 16.2. The summed E-state index contributed by atoms with van der Waals surface area (Å²) in [5, 5.41) is 5.75. The number of rotatable bonds is 3. The molecule has 0 atom stereocenters. The van der Waals surface area contributed by atoms with E-state index in [0.29, 0.717) is 11.5 Å². The molecule has 2 heterocycles. The molecule has 0 aliphatic carbocycles. The molecule has 4 aromatic rings. The van der Waals surface area contributed by atoms with Gasteiger partial charge in [-0.25, -0.2) is 14.8 Å². The van der Waals surface area contributed by atoms with Crippen LogP contribution in [0.5, 0.6) is 0 Å². The number of imidazole rings is 1. The number of hydrogen-bond acceptors (Lipinski definition) is 3. The Bertz CT molecular complexity index is 1120. The van der Waals surface area contributed by atoms with Crippen molar-refractivity contribution in [3.63, 3.8) is 0 Å². The first kappa shape index (κ1) is 18.7. The predicted molar refractivity (Wildman–Crippen MR) is 116 cm³/mol. The van der Waals surface area contributed by atoms with Crippen molar-refractivity contribution in [3.8, 4) is 11.3 Å². The van der Waals surface area contributed by atoms with Crippen molar-refractivity contribution in [3.05, 3.63) is 78.8 Å². The van der Waals surface area contributed by atoms with Crippen molar-refractivity contribution >= 4 is 23.2 Å². The minimum Gasteiger partial charge on any atom is -0.308 e. The second kappa shape index (κ2) is 7.39. The van der Waals surface area contributed by atoms with Crippen molar-refractivity contribution in [1.82, 2.24) is 14.4 Å². The Labute approximate surface area is 169 Å². The van der Waals surface area contributed by atoms with E-state index in [0.717, 1.165) is 16.9 Å². The molecule has 2 N–H and O–H groups in total. The number of anilines is 2. The van der Waals surface area contributed by atoms with Crippen LogP contribution in [-0.4, -0.2) is 20.4 Å². The lowest BCUT2D eigenvalue weighted by Gasteiger charge is -2.19. The van der Waals surface area contributed by atoms with E-state index in [2.05, 4.69) is 41.4 Å². The zero-order valence-electron chi connectivity index (χ0n) is 16.7. The van der Waals surface area contributed by atoms with Gasteiger partial charge in [-0.1, -0.05) is 45.0 Å². The molecule has 0 spiro atoms. The van der Waals surface area contributed by atoms with Crippen LogP contribution < -0.4 is 10.6 Å². The zero-order valence-corrected chi connectivity index (χ0v) is 16.7. The highest BCUT2D eigenvalue weighted by Crippen LogP contribution is 2.24. The Morgan fingerprint density at radius 3 is 2.45 bits per heavy atom. The van der Waals surface area contributed by atoms with Gasteiger partial charge >= 0.3 is 6.03 Å². The number of carbonyl (C=O) groups excluding carboxylic acids is 1. The molecule has 6 nitrogen and oxygen atoms in total. The summed E-state index contributed by atoms with van der Waals surface area (Å²) in [6.07, 6.45) is 5.53. The molecule has 0 fully saturated rings. The summed E-state index contributed by atoms with van der Waals surface area (Å²) in [4.78, 5) is 21.2. The smallest absolute Gasteiger partial charge is 0.308 e. The van der Waals surface area contributed by atoms with E-state index >= 15 is 0 Å². The second-order valence-corrected chi connectivity index (χ2v) is 7.94. The fourth-order valence-corrected chi connectivity index (χ4v) is 3.07. The van der Waals surface area contributed by atoms with E-state index in [1.165, 1.54) is 5.56 Å². The van der Waals surface area contributed by atoms with Gasteiger partial charge in [0.05, 0.1) is 5.69 Å². The average Bonchev–Trinajstić information content (AvgIpc) is 3.12. The molecule has 0 unspecified atom stereocenters. The van der Waals surface area contributed by atoms with Crippen molar-refractivity contribution in [2.75, 3.05) is 10.6 Å². The fraction of sp³-hybridized carbons (Fsp3) is 0.174. The molecule has 0 bridgehead atoms. The van der Waals surface area contributed by atoms with Crippen molar-refractivity contribution < 1.29 is 4.79 Å². The van der Waals surface area contributed by atoms with Crippen LogP contribution in [0.15, 0.2) is 73.2 Å². The van der Waals surface area contributed by atoms with Gasteiger partial charge in [-0.3, -0.25) is 4.40 Å². The monoisotopic (exact) mass is 385 g/mol. The van der Waals surface area contributed by atoms with E-state index < -0.39 is 0 Å².